The predicted molar refractivity (Wildman–Crippen MR) is 96.4 cm³/mol. The van der Waals surface area contributed by atoms with E-state index in [1.165, 1.54) is 11.3 Å². The summed E-state index contributed by atoms with van der Waals surface area (Å²) in [5.74, 6) is 0.485. The summed E-state index contributed by atoms with van der Waals surface area (Å²) in [5, 5.41) is 17.7. The van der Waals surface area contributed by atoms with E-state index in [0.29, 0.717) is 16.3 Å². The topological polar surface area (TPSA) is 72.2 Å². The maximum Gasteiger partial charge on any atom is 0.261 e. The minimum absolute atomic E-state index is 0.108. The number of hydrogen-bond donors (Lipinski definition) is 1. The molecule has 124 valence electrons. The lowest BCUT2D eigenvalue weighted by atomic mass is 10.1. The molecular formula is C18H15N5OS. The molecular weight excluding hydrogens is 334 g/mol. The number of nitrogens with zero attached hydrogens (tertiary/aromatic N) is 4. The van der Waals surface area contributed by atoms with Crippen LogP contribution in [-0.4, -0.2) is 25.7 Å². The van der Waals surface area contributed by atoms with Crippen molar-refractivity contribution in [2.75, 3.05) is 0 Å². The third-order valence-corrected chi connectivity index (χ3v) is 4.89. The number of aromatic nitrogens is 4. The second-order valence-corrected chi connectivity index (χ2v) is 6.50. The average Bonchev–Trinajstić information content (AvgIpc) is 3.26. The lowest BCUT2D eigenvalue weighted by molar-refractivity contribution is 0.0953. The van der Waals surface area contributed by atoms with Crippen LogP contribution in [0.25, 0.3) is 16.9 Å². The summed E-state index contributed by atoms with van der Waals surface area (Å²) >= 11 is 1.43. The van der Waals surface area contributed by atoms with Gasteiger partial charge in [0.15, 0.2) is 11.5 Å². The molecule has 0 radical (unpaired) electrons. The molecule has 25 heavy (non-hydrogen) atoms. The number of rotatable bonds is 4. The Labute approximate surface area is 148 Å². The SMILES string of the molecule is Cc1ccsc1C(=O)NCc1nnc2ccc(-c3ccccc3)nn12. The molecule has 3 aromatic heterocycles. The fourth-order valence-electron chi connectivity index (χ4n) is 2.55. The van der Waals surface area contributed by atoms with Crippen LogP contribution in [0, 0.1) is 6.92 Å². The van der Waals surface area contributed by atoms with Gasteiger partial charge in [-0.1, -0.05) is 30.3 Å². The third-order valence-electron chi connectivity index (χ3n) is 3.87. The number of carbonyl (C=O) groups is 1. The van der Waals surface area contributed by atoms with Crippen LogP contribution in [0.2, 0.25) is 0 Å². The Morgan fingerprint density at radius 2 is 1.96 bits per heavy atom. The van der Waals surface area contributed by atoms with E-state index >= 15 is 0 Å². The van der Waals surface area contributed by atoms with Crippen molar-refractivity contribution in [3.63, 3.8) is 0 Å². The van der Waals surface area contributed by atoms with E-state index in [1.54, 1.807) is 4.52 Å². The number of fused-ring (bicyclic) bond motifs is 1. The fraction of sp³-hybridized carbons (Fsp3) is 0.111. The first-order valence-corrected chi connectivity index (χ1v) is 8.69. The molecule has 0 spiro atoms. The van der Waals surface area contributed by atoms with E-state index in [0.717, 1.165) is 16.8 Å². The molecule has 1 N–H and O–H groups in total. The monoisotopic (exact) mass is 349 g/mol. The minimum Gasteiger partial charge on any atom is -0.344 e. The Morgan fingerprint density at radius 3 is 2.72 bits per heavy atom. The van der Waals surface area contributed by atoms with Crippen LogP contribution in [0.3, 0.4) is 0 Å². The van der Waals surface area contributed by atoms with Gasteiger partial charge in [-0.05, 0) is 36.1 Å². The Balaban J connectivity index is 1.60. The summed E-state index contributed by atoms with van der Waals surface area (Å²) in [7, 11) is 0. The van der Waals surface area contributed by atoms with Crippen molar-refractivity contribution in [1.82, 2.24) is 25.1 Å². The van der Waals surface area contributed by atoms with Crippen LogP contribution in [0.1, 0.15) is 21.1 Å². The molecule has 4 aromatic rings. The summed E-state index contributed by atoms with van der Waals surface area (Å²) < 4.78 is 1.67. The summed E-state index contributed by atoms with van der Waals surface area (Å²) in [6.45, 7) is 2.19. The standard InChI is InChI=1S/C18H15N5OS/c1-12-9-10-25-17(12)18(24)19-11-16-21-20-15-8-7-14(22-23(15)16)13-5-3-2-4-6-13/h2-10H,11H2,1H3,(H,19,24). The Hall–Kier alpha value is -3.06. The van der Waals surface area contributed by atoms with Crippen LogP contribution in [0.15, 0.2) is 53.9 Å². The molecule has 0 fully saturated rings. The van der Waals surface area contributed by atoms with Gasteiger partial charge in [0, 0.05) is 5.56 Å². The highest BCUT2D eigenvalue weighted by atomic mass is 32.1. The van der Waals surface area contributed by atoms with Crippen molar-refractivity contribution in [2.45, 2.75) is 13.5 Å². The highest BCUT2D eigenvalue weighted by molar-refractivity contribution is 7.12. The zero-order chi connectivity index (χ0) is 17.2. The van der Waals surface area contributed by atoms with Gasteiger partial charge in [0.25, 0.3) is 5.91 Å². The van der Waals surface area contributed by atoms with Gasteiger partial charge in [0.2, 0.25) is 0 Å². The third kappa shape index (κ3) is 3.01. The Morgan fingerprint density at radius 1 is 1.12 bits per heavy atom. The van der Waals surface area contributed by atoms with Crippen LogP contribution in [0.5, 0.6) is 0 Å². The first-order valence-electron chi connectivity index (χ1n) is 7.81. The number of thiophene rings is 1. The lowest BCUT2D eigenvalue weighted by Gasteiger charge is -2.05. The molecule has 0 aliphatic rings. The highest BCUT2D eigenvalue weighted by Crippen LogP contribution is 2.17. The minimum atomic E-state index is -0.108. The summed E-state index contributed by atoms with van der Waals surface area (Å²) in [6, 6.07) is 15.6. The van der Waals surface area contributed by atoms with Gasteiger partial charge in [-0.25, -0.2) is 0 Å². The fourth-order valence-corrected chi connectivity index (χ4v) is 3.39. The summed E-state index contributed by atoms with van der Waals surface area (Å²) in [6.07, 6.45) is 0. The summed E-state index contributed by atoms with van der Waals surface area (Å²) in [5.41, 5.74) is 3.46. The molecule has 0 aliphatic carbocycles. The van der Waals surface area contributed by atoms with E-state index in [-0.39, 0.29) is 12.5 Å². The number of carbonyl (C=O) groups excluding carboxylic acids is 1. The zero-order valence-corrected chi connectivity index (χ0v) is 14.3. The summed E-state index contributed by atoms with van der Waals surface area (Å²) in [4.78, 5) is 13.0. The molecule has 0 saturated carbocycles. The van der Waals surface area contributed by atoms with Crippen LogP contribution in [0.4, 0.5) is 0 Å². The molecule has 0 unspecified atom stereocenters. The van der Waals surface area contributed by atoms with Crippen molar-refractivity contribution in [3.8, 4) is 11.3 Å². The molecule has 1 amide bonds. The van der Waals surface area contributed by atoms with Gasteiger partial charge in [-0.2, -0.15) is 9.61 Å². The van der Waals surface area contributed by atoms with E-state index in [9.17, 15) is 4.79 Å². The molecule has 0 saturated heterocycles. The average molecular weight is 349 g/mol. The van der Waals surface area contributed by atoms with Crippen molar-refractivity contribution in [1.29, 1.82) is 0 Å². The quantitative estimate of drug-likeness (QED) is 0.614. The number of nitrogens with one attached hydrogen (secondary N) is 1. The predicted octanol–water partition coefficient (Wildman–Crippen LogP) is 3.09. The van der Waals surface area contributed by atoms with Gasteiger partial charge < -0.3 is 5.32 Å². The molecule has 6 nitrogen and oxygen atoms in total. The number of aryl methyl sites for hydroxylation is 1. The van der Waals surface area contributed by atoms with Gasteiger partial charge in [-0.15, -0.1) is 21.5 Å². The highest BCUT2D eigenvalue weighted by Gasteiger charge is 2.13. The Kier molecular flexibility index (Phi) is 3.99. The van der Waals surface area contributed by atoms with Crippen molar-refractivity contribution >= 4 is 22.9 Å². The largest absolute Gasteiger partial charge is 0.344 e. The molecule has 0 aliphatic heterocycles. The zero-order valence-electron chi connectivity index (χ0n) is 13.5. The molecule has 3 heterocycles. The van der Waals surface area contributed by atoms with E-state index in [1.807, 2.05) is 60.8 Å². The first-order chi connectivity index (χ1) is 12.2. The van der Waals surface area contributed by atoms with Crippen LogP contribution >= 0.6 is 11.3 Å². The van der Waals surface area contributed by atoms with Crippen molar-refractivity contribution in [3.05, 3.63) is 70.2 Å². The molecule has 1 aromatic carbocycles. The van der Waals surface area contributed by atoms with Crippen molar-refractivity contribution < 1.29 is 4.79 Å². The van der Waals surface area contributed by atoms with Gasteiger partial charge >= 0.3 is 0 Å². The molecule has 4 rings (SSSR count). The number of hydrogen-bond acceptors (Lipinski definition) is 5. The van der Waals surface area contributed by atoms with Gasteiger partial charge in [0.1, 0.15) is 0 Å². The van der Waals surface area contributed by atoms with E-state index in [2.05, 4.69) is 20.6 Å². The lowest BCUT2D eigenvalue weighted by Crippen LogP contribution is -2.24. The maximum absolute atomic E-state index is 12.3. The number of benzene rings is 1. The maximum atomic E-state index is 12.3. The normalized spacial score (nSPS) is 10.9. The van der Waals surface area contributed by atoms with Crippen molar-refractivity contribution in [2.24, 2.45) is 0 Å². The molecule has 0 bridgehead atoms. The van der Waals surface area contributed by atoms with Crippen LogP contribution in [-0.2, 0) is 6.54 Å². The van der Waals surface area contributed by atoms with E-state index < -0.39 is 0 Å². The first kappa shape index (κ1) is 15.5. The Bertz CT molecular complexity index is 1040. The van der Waals surface area contributed by atoms with Crippen LogP contribution < -0.4 is 5.32 Å². The smallest absolute Gasteiger partial charge is 0.261 e. The van der Waals surface area contributed by atoms with Gasteiger partial charge in [0.05, 0.1) is 17.1 Å². The van der Waals surface area contributed by atoms with E-state index in [4.69, 9.17) is 0 Å². The second kappa shape index (κ2) is 6.45. The van der Waals surface area contributed by atoms with Gasteiger partial charge in [-0.3, -0.25) is 4.79 Å². The second-order valence-electron chi connectivity index (χ2n) is 5.59. The molecule has 0 atom stereocenters. The number of amides is 1. The molecule has 7 heteroatoms.